The maximum atomic E-state index is 13.7. The van der Waals surface area contributed by atoms with Crippen LogP contribution < -0.4 is 4.74 Å². The Morgan fingerprint density at radius 2 is 2.04 bits per heavy atom. The average molecular weight is 368 g/mol. The normalized spacial score (nSPS) is 37.0. The molecule has 0 saturated heterocycles. The fraction of sp³-hybridized carbons (Fsp3) is 0.565. The van der Waals surface area contributed by atoms with Crippen molar-refractivity contribution < 1.29 is 19.1 Å². The second-order valence-corrected chi connectivity index (χ2v) is 8.47. The molecule has 27 heavy (non-hydrogen) atoms. The lowest BCUT2D eigenvalue weighted by atomic mass is 9.50. The van der Waals surface area contributed by atoms with E-state index in [1.807, 2.05) is 12.1 Å². The van der Waals surface area contributed by atoms with Crippen LogP contribution in [0.15, 0.2) is 30.9 Å². The molecule has 4 heteroatoms. The van der Waals surface area contributed by atoms with E-state index in [0.717, 1.165) is 37.0 Å². The fourth-order valence-electron chi connectivity index (χ4n) is 6.36. The summed E-state index contributed by atoms with van der Waals surface area (Å²) in [6.07, 6.45) is 5.88. The fourth-order valence-corrected chi connectivity index (χ4v) is 6.36. The van der Waals surface area contributed by atoms with Gasteiger partial charge in [-0.2, -0.15) is 0 Å². The quantitative estimate of drug-likeness (QED) is 0.461. The molecule has 0 amide bonds. The van der Waals surface area contributed by atoms with Crippen LogP contribution in [0.5, 0.6) is 5.75 Å². The van der Waals surface area contributed by atoms with Crippen LogP contribution in [0, 0.1) is 29.1 Å². The summed E-state index contributed by atoms with van der Waals surface area (Å²) in [7, 11) is 3.05. The number of ketones is 1. The molecule has 4 rings (SSSR count). The zero-order valence-electron chi connectivity index (χ0n) is 16.4. The van der Waals surface area contributed by atoms with Gasteiger partial charge in [-0.15, -0.1) is 6.58 Å². The van der Waals surface area contributed by atoms with E-state index in [4.69, 9.17) is 9.47 Å². The highest BCUT2D eigenvalue weighted by molar-refractivity contribution is 6.04. The number of carbonyl (C=O) groups excluding carboxylic acids is 2. The van der Waals surface area contributed by atoms with Crippen LogP contribution in [-0.2, 0) is 20.7 Å². The first-order chi connectivity index (χ1) is 13.0. The standard InChI is InChI=1S/C23H28O4/c1-5-14-7-11-18-17-9-6-13-12-15(26-3)8-10-16(13)19(17)20(22(25)27-4)21(24)23(14,18)2/h5,8,10,12,14,17-20H,1,6-7,9,11H2,2-4H3/t14-,17-,18-,19+,20-,23+/m0/s1. The molecule has 3 aliphatic carbocycles. The van der Waals surface area contributed by atoms with Gasteiger partial charge in [0.15, 0.2) is 5.78 Å². The molecule has 0 heterocycles. The van der Waals surface area contributed by atoms with E-state index >= 15 is 0 Å². The Morgan fingerprint density at radius 3 is 2.70 bits per heavy atom. The van der Waals surface area contributed by atoms with Gasteiger partial charge in [-0.05, 0) is 66.7 Å². The van der Waals surface area contributed by atoms with Gasteiger partial charge >= 0.3 is 5.97 Å². The van der Waals surface area contributed by atoms with E-state index in [9.17, 15) is 9.59 Å². The van der Waals surface area contributed by atoms with Crippen LogP contribution in [0.3, 0.4) is 0 Å². The van der Waals surface area contributed by atoms with E-state index in [-0.39, 0.29) is 17.6 Å². The zero-order chi connectivity index (χ0) is 19.3. The van der Waals surface area contributed by atoms with Gasteiger partial charge in [-0.3, -0.25) is 9.59 Å². The molecule has 0 radical (unpaired) electrons. The third-order valence-corrected chi connectivity index (χ3v) is 7.68. The Labute approximate surface area is 160 Å². The Balaban J connectivity index is 1.86. The summed E-state index contributed by atoms with van der Waals surface area (Å²) in [6.45, 7) is 6.04. The predicted octanol–water partition coefficient (Wildman–Crippen LogP) is 3.93. The van der Waals surface area contributed by atoms with Crippen LogP contribution >= 0.6 is 0 Å². The van der Waals surface area contributed by atoms with Crippen LogP contribution in [0.25, 0.3) is 0 Å². The largest absolute Gasteiger partial charge is 0.497 e. The first-order valence-electron chi connectivity index (χ1n) is 9.88. The second-order valence-electron chi connectivity index (χ2n) is 8.47. The van der Waals surface area contributed by atoms with E-state index < -0.39 is 17.3 Å². The van der Waals surface area contributed by atoms with Crippen LogP contribution in [0.2, 0.25) is 0 Å². The molecule has 2 fully saturated rings. The second kappa shape index (κ2) is 6.50. The lowest BCUT2D eigenvalue weighted by Gasteiger charge is -2.52. The molecule has 0 N–H and O–H groups in total. The number of esters is 1. The summed E-state index contributed by atoms with van der Waals surface area (Å²) in [5.41, 5.74) is 1.81. The summed E-state index contributed by atoms with van der Waals surface area (Å²) in [5, 5.41) is 0. The number of hydrogen-bond donors (Lipinski definition) is 0. The van der Waals surface area contributed by atoms with Gasteiger partial charge in [0.1, 0.15) is 11.7 Å². The van der Waals surface area contributed by atoms with Crippen LogP contribution in [0.4, 0.5) is 0 Å². The maximum absolute atomic E-state index is 13.7. The Hall–Kier alpha value is -2.10. The summed E-state index contributed by atoms with van der Waals surface area (Å²) < 4.78 is 10.5. The highest BCUT2D eigenvalue weighted by atomic mass is 16.5. The number of allylic oxidation sites excluding steroid dienone is 1. The molecule has 0 bridgehead atoms. The molecular weight excluding hydrogens is 340 g/mol. The van der Waals surface area contributed by atoms with Gasteiger partial charge in [0.25, 0.3) is 0 Å². The Morgan fingerprint density at radius 1 is 1.26 bits per heavy atom. The minimum absolute atomic E-state index is 0.0478. The number of methoxy groups -OCH3 is 2. The van der Waals surface area contributed by atoms with E-state index in [1.54, 1.807) is 7.11 Å². The van der Waals surface area contributed by atoms with Crippen molar-refractivity contribution in [1.29, 1.82) is 0 Å². The van der Waals surface area contributed by atoms with E-state index in [2.05, 4.69) is 25.6 Å². The molecule has 0 unspecified atom stereocenters. The van der Waals surface area contributed by atoms with Crippen LogP contribution in [0.1, 0.15) is 43.2 Å². The molecule has 0 spiro atoms. The molecule has 6 atom stereocenters. The number of Topliss-reactive ketones (excluding diaryl/α,β-unsaturated/α-hetero) is 1. The number of hydrogen-bond acceptors (Lipinski definition) is 4. The number of carbonyl (C=O) groups is 2. The zero-order valence-corrected chi connectivity index (χ0v) is 16.4. The molecule has 0 aromatic heterocycles. The van der Waals surface area contributed by atoms with Crippen molar-refractivity contribution >= 4 is 11.8 Å². The predicted molar refractivity (Wildman–Crippen MR) is 103 cm³/mol. The van der Waals surface area contributed by atoms with Gasteiger partial charge in [-0.1, -0.05) is 19.1 Å². The van der Waals surface area contributed by atoms with Crippen molar-refractivity contribution in [3.8, 4) is 5.75 Å². The molecule has 3 aliphatic rings. The molecule has 0 aliphatic heterocycles. The summed E-state index contributed by atoms with van der Waals surface area (Å²) in [4.78, 5) is 26.5. The molecule has 1 aromatic carbocycles. The number of fused-ring (bicyclic) bond motifs is 5. The van der Waals surface area contributed by atoms with Crippen molar-refractivity contribution in [2.75, 3.05) is 14.2 Å². The van der Waals surface area contributed by atoms with Gasteiger partial charge in [0, 0.05) is 11.3 Å². The Bertz CT molecular complexity index is 798. The number of rotatable bonds is 3. The van der Waals surface area contributed by atoms with Crippen molar-refractivity contribution in [3.05, 3.63) is 42.0 Å². The van der Waals surface area contributed by atoms with Gasteiger partial charge in [0.2, 0.25) is 0 Å². The number of benzene rings is 1. The first kappa shape index (κ1) is 18.3. The SMILES string of the molecule is C=C[C@H]1CC[C@H]2[C@@H]3CCc4cc(OC)ccc4[C@H]3[C@H](C(=O)OC)C(=O)[C@]12C. The first-order valence-corrected chi connectivity index (χ1v) is 9.88. The topological polar surface area (TPSA) is 52.6 Å². The van der Waals surface area contributed by atoms with Crippen molar-refractivity contribution in [2.45, 2.75) is 38.5 Å². The van der Waals surface area contributed by atoms with Gasteiger partial charge in [-0.25, -0.2) is 0 Å². The van der Waals surface area contributed by atoms with Crippen molar-refractivity contribution in [2.24, 2.45) is 29.1 Å². The third-order valence-electron chi connectivity index (χ3n) is 7.68. The molecule has 144 valence electrons. The highest BCUT2D eigenvalue weighted by Crippen LogP contribution is 2.63. The molecule has 1 aromatic rings. The summed E-state index contributed by atoms with van der Waals surface area (Å²) in [5.74, 6) is 0.411. The lowest BCUT2D eigenvalue weighted by molar-refractivity contribution is -0.161. The maximum Gasteiger partial charge on any atom is 0.316 e. The van der Waals surface area contributed by atoms with Crippen molar-refractivity contribution in [1.82, 2.24) is 0 Å². The van der Waals surface area contributed by atoms with E-state index in [1.165, 1.54) is 12.7 Å². The van der Waals surface area contributed by atoms with Crippen LogP contribution in [-0.4, -0.2) is 26.0 Å². The molecule has 4 nitrogen and oxygen atoms in total. The minimum atomic E-state index is -0.728. The summed E-state index contributed by atoms with van der Waals surface area (Å²) >= 11 is 0. The Kier molecular flexibility index (Phi) is 4.40. The average Bonchev–Trinajstić information content (AvgIpc) is 3.05. The molecule has 2 saturated carbocycles. The highest BCUT2D eigenvalue weighted by Gasteiger charge is 2.63. The minimum Gasteiger partial charge on any atom is -0.497 e. The monoisotopic (exact) mass is 368 g/mol. The number of aryl methyl sites for hydroxylation is 1. The van der Waals surface area contributed by atoms with Crippen molar-refractivity contribution in [3.63, 3.8) is 0 Å². The number of ether oxygens (including phenoxy) is 2. The molecular formula is C23H28O4. The van der Waals surface area contributed by atoms with E-state index in [0.29, 0.717) is 11.8 Å². The summed E-state index contributed by atoms with van der Waals surface area (Å²) in [6, 6.07) is 6.05. The smallest absolute Gasteiger partial charge is 0.316 e. The van der Waals surface area contributed by atoms with Gasteiger partial charge < -0.3 is 9.47 Å². The lowest BCUT2D eigenvalue weighted by Crippen LogP contribution is -2.55. The third kappa shape index (κ3) is 2.41. The van der Waals surface area contributed by atoms with Gasteiger partial charge in [0.05, 0.1) is 14.2 Å².